The lowest BCUT2D eigenvalue weighted by molar-refractivity contribution is 0.192. The first-order valence-electron chi connectivity index (χ1n) is 6.27. The third kappa shape index (κ3) is 2.46. The summed E-state index contributed by atoms with van der Waals surface area (Å²) in [6.07, 6.45) is 2.49. The number of furan rings is 1. The lowest BCUT2D eigenvalue weighted by Gasteiger charge is -1.97. The molecule has 1 saturated heterocycles. The van der Waals surface area contributed by atoms with Gasteiger partial charge in [0.2, 0.25) is 5.89 Å². The van der Waals surface area contributed by atoms with E-state index in [4.69, 9.17) is 13.7 Å². The molecule has 0 aliphatic carbocycles. The Labute approximate surface area is 105 Å². The van der Waals surface area contributed by atoms with E-state index in [1.165, 1.54) is 0 Å². The van der Waals surface area contributed by atoms with Crippen molar-refractivity contribution in [1.82, 2.24) is 10.1 Å². The monoisotopic (exact) mass is 248 g/mol. The Balaban J connectivity index is 1.59. The maximum atomic E-state index is 5.50. The Morgan fingerprint density at radius 2 is 2.28 bits per heavy atom. The van der Waals surface area contributed by atoms with Crippen molar-refractivity contribution in [3.05, 3.63) is 35.4 Å². The Hall–Kier alpha value is -1.62. The Bertz CT molecular complexity index is 512. The molecule has 0 unspecified atom stereocenters. The van der Waals surface area contributed by atoms with E-state index in [9.17, 15) is 0 Å². The van der Waals surface area contributed by atoms with Gasteiger partial charge in [-0.3, -0.25) is 0 Å². The Morgan fingerprint density at radius 1 is 1.33 bits per heavy atom. The minimum Gasteiger partial charge on any atom is -0.466 e. The van der Waals surface area contributed by atoms with Crippen LogP contribution in [0.25, 0.3) is 0 Å². The van der Waals surface area contributed by atoms with Gasteiger partial charge in [0.05, 0.1) is 6.61 Å². The highest BCUT2D eigenvalue weighted by Gasteiger charge is 2.22. The molecule has 96 valence electrons. The smallest absolute Gasteiger partial charge is 0.227 e. The third-order valence-corrected chi connectivity index (χ3v) is 3.16. The summed E-state index contributed by atoms with van der Waals surface area (Å²) in [5.41, 5.74) is 0. The summed E-state index contributed by atoms with van der Waals surface area (Å²) in [6.45, 7) is 3.44. The van der Waals surface area contributed by atoms with E-state index in [0.29, 0.717) is 24.8 Å². The van der Waals surface area contributed by atoms with E-state index in [-0.39, 0.29) is 0 Å². The topological polar surface area (TPSA) is 61.3 Å². The van der Waals surface area contributed by atoms with E-state index in [1.807, 2.05) is 19.1 Å². The van der Waals surface area contributed by atoms with Crippen LogP contribution in [-0.4, -0.2) is 23.4 Å². The summed E-state index contributed by atoms with van der Waals surface area (Å²) < 4.78 is 16.1. The molecule has 5 nitrogen and oxygen atoms in total. The molecule has 2 aromatic rings. The number of hydrogen-bond acceptors (Lipinski definition) is 5. The molecule has 18 heavy (non-hydrogen) atoms. The van der Waals surface area contributed by atoms with Crippen LogP contribution in [0.2, 0.25) is 0 Å². The molecule has 0 bridgehead atoms. The van der Waals surface area contributed by atoms with Crippen LogP contribution >= 0.6 is 0 Å². The van der Waals surface area contributed by atoms with Gasteiger partial charge in [0.1, 0.15) is 11.5 Å². The number of aromatic nitrogens is 2. The van der Waals surface area contributed by atoms with Crippen molar-refractivity contribution in [2.45, 2.75) is 32.1 Å². The van der Waals surface area contributed by atoms with Crippen LogP contribution in [0.3, 0.4) is 0 Å². The molecule has 5 heteroatoms. The fourth-order valence-corrected chi connectivity index (χ4v) is 2.12. The van der Waals surface area contributed by atoms with Gasteiger partial charge in [-0.25, -0.2) is 0 Å². The second-order valence-corrected chi connectivity index (χ2v) is 4.62. The molecule has 1 fully saturated rings. The van der Waals surface area contributed by atoms with Crippen LogP contribution in [0.1, 0.15) is 35.6 Å². The first-order valence-corrected chi connectivity index (χ1v) is 6.27. The normalized spacial score (nSPS) is 19.5. The number of rotatable bonds is 4. The summed E-state index contributed by atoms with van der Waals surface area (Å²) in [6, 6.07) is 3.95. The maximum absolute atomic E-state index is 5.50. The highest BCUT2D eigenvalue weighted by molar-refractivity contribution is 5.06. The van der Waals surface area contributed by atoms with Gasteiger partial charge in [-0.2, -0.15) is 4.98 Å². The lowest BCUT2D eigenvalue weighted by Crippen LogP contribution is -2.00. The van der Waals surface area contributed by atoms with Crippen LogP contribution in [0.4, 0.5) is 0 Å². The fraction of sp³-hybridized carbons (Fsp3) is 0.538. The van der Waals surface area contributed by atoms with Gasteiger partial charge >= 0.3 is 0 Å². The van der Waals surface area contributed by atoms with Crippen molar-refractivity contribution in [1.29, 1.82) is 0 Å². The van der Waals surface area contributed by atoms with Crippen LogP contribution in [0.15, 0.2) is 21.1 Å². The zero-order valence-electron chi connectivity index (χ0n) is 10.4. The van der Waals surface area contributed by atoms with E-state index in [0.717, 1.165) is 36.8 Å². The molecule has 0 amide bonds. The van der Waals surface area contributed by atoms with Gasteiger partial charge in [-0.15, -0.1) is 0 Å². The van der Waals surface area contributed by atoms with Crippen molar-refractivity contribution in [2.24, 2.45) is 0 Å². The molecule has 2 aromatic heterocycles. The molecule has 1 aliphatic rings. The molecular formula is C13H16N2O3. The van der Waals surface area contributed by atoms with Crippen molar-refractivity contribution < 1.29 is 13.7 Å². The minimum absolute atomic E-state index is 0.299. The molecule has 0 saturated carbocycles. The van der Waals surface area contributed by atoms with E-state index >= 15 is 0 Å². The number of nitrogens with zero attached hydrogens (tertiary/aromatic N) is 2. The highest BCUT2D eigenvalue weighted by Crippen LogP contribution is 2.22. The Morgan fingerprint density at radius 3 is 3.00 bits per heavy atom. The third-order valence-electron chi connectivity index (χ3n) is 3.16. The minimum atomic E-state index is 0.299. The predicted molar refractivity (Wildman–Crippen MR) is 63.3 cm³/mol. The van der Waals surface area contributed by atoms with Crippen LogP contribution in [0, 0.1) is 6.92 Å². The number of ether oxygens (including phenoxy) is 1. The van der Waals surface area contributed by atoms with E-state index in [2.05, 4.69) is 10.1 Å². The maximum Gasteiger partial charge on any atom is 0.227 e. The van der Waals surface area contributed by atoms with Gasteiger partial charge < -0.3 is 13.7 Å². The lowest BCUT2D eigenvalue weighted by atomic mass is 10.1. The van der Waals surface area contributed by atoms with Crippen LogP contribution in [-0.2, 0) is 17.6 Å². The first kappa shape index (κ1) is 11.5. The summed E-state index contributed by atoms with van der Waals surface area (Å²) >= 11 is 0. The molecule has 0 N–H and O–H groups in total. The van der Waals surface area contributed by atoms with Crippen LogP contribution < -0.4 is 0 Å². The molecular weight excluding hydrogens is 232 g/mol. The second kappa shape index (κ2) is 4.94. The molecule has 0 spiro atoms. The zero-order valence-corrected chi connectivity index (χ0v) is 10.4. The molecule has 0 radical (unpaired) electrons. The van der Waals surface area contributed by atoms with Crippen molar-refractivity contribution in [3.8, 4) is 0 Å². The Kier molecular flexibility index (Phi) is 3.15. The van der Waals surface area contributed by atoms with Gasteiger partial charge in [0, 0.05) is 25.4 Å². The molecule has 3 heterocycles. The van der Waals surface area contributed by atoms with Crippen molar-refractivity contribution in [2.75, 3.05) is 13.2 Å². The standard InChI is InChI=1S/C13H16N2O3/c1-9-2-3-11(17-9)4-5-12-14-13(15-18-12)10-6-7-16-8-10/h2-3,10H,4-8H2,1H3/t10-/m0/s1. The summed E-state index contributed by atoms with van der Waals surface area (Å²) in [5.74, 6) is 3.63. The van der Waals surface area contributed by atoms with Crippen molar-refractivity contribution >= 4 is 0 Å². The largest absolute Gasteiger partial charge is 0.466 e. The molecule has 1 atom stereocenters. The summed E-state index contributed by atoms with van der Waals surface area (Å²) in [5, 5.41) is 4.02. The van der Waals surface area contributed by atoms with E-state index in [1.54, 1.807) is 0 Å². The van der Waals surface area contributed by atoms with Gasteiger partial charge in [-0.05, 0) is 25.5 Å². The quantitative estimate of drug-likeness (QED) is 0.830. The van der Waals surface area contributed by atoms with Gasteiger partial charge in [0.25, 0.3) is 0 Å². The average molecular weight is 248 g/mol. The first-order chi connectivity index (χ1) is 8.81. The SMILES string of the molecule is Cc1ccc(CCc2nc([C@H]3CCOC3)no2)o1. The molecule has 3 rings (SSSR count). The average Bonchev–Trinajstić information content (AvgIpc) is 3.07. The van der Waals surface area contributed by atoms with Crippen LogP contribution in [0.5, 0.6) is 0 Å². The molecule has 1 aliphatic heterocycles. The zero-order chi connectivity index (χ0) is 12.4. The summed E-state index contributed by atoms with van der Waals surface area (Å²) in [4.78, 5) is 4.41. The van der Waals surface area contributed by atoms with Gasteiger partial charge in [0.15, 0.2) is 5.82 Å². The van der Waals surface area contributed by atoms with Gasteiger partial charge in [-0.1, -0.05) is 5.16 Å². The molecule has 0 aromatic carbocycles. The van der Waals surface area contributed by atoms with E-state index < -0.39 is 0 Å². The predicted octanol–water partition coefficient (Wildman–Crippen LogP) is 2.26. The fourth-order valence-electron chi connectivity index (χ4n) is 2.12. The second-order valence-electron chi connectivity index (χ2n) is 4.62. The number of hydrogen-bond donors (Lipinski definition) is 0. The highest BCUT2D eigenvalue weighted by atomic mass is 16.5. The summed E-state index contributed by atoms with van der Waals surface area (Å²) in [7, 11) is 0. The number of aryl methyl sites for hydroxylation is 3. The van der Waals surface area contributed by atoms with Crippen molar-refractivity contribution in [3.63, 3.8) is 0 Å².